The summed E-state index contributed by atoms with van der Waals surface area (Å²) in [6.07, 6.45) is 4.51. The largest absolute Gasteiger partial charge is 0.355 e. The number of anilines is 2. The van der Waals surface area contributed by atoms with Gasteiger partial charge >= 0.3 is 0 Å². The molecule has 0 N–H and O–H groups in total. The summed E-state index contributed by atoms with van der Waals surface area (Å²) in [7, 11) is 3.90. The maximum Gasteiger partial charge on any atom is 0.293 e. The molecule has 3 aliphatic rings. The normalized spacial score (nSPS) is 20.4. The lowest BCUT2D eigenvalue weighted by molar-refractivity contribution is -0.119. The molecule has 0 unspecified atom stereocenters. The minimum absolute atomic E-state index is 0.104. The molecule has 0 radical (unpaired) electrons. The fraction of sp³-hybridized carbons (Fsp3) is 0.467. The third-order valence-electron chi connectivity index (χ3n) is 8.67. The lowest BCUT2D eigenvalue weighted by Crippen LogP contribution is -2.54. The van der Waals surface area contributed by atoms with E-state index in [0.717, 1.165) is 54.1 Å². The van der Waals surface area contributed by atoms with E-state index in [4.69, 9.17) is 21.7 Å². The molecule has 1 aromatic heterocycles. The number of carbonyl (C=O) groups excluding carboxylic acids is 2. The first-order chi connectivity index (χ1) is 19.2. The van der Waals surface area contributed by atoms with Gasteiger partial charge in [0.2, 0.25) is 11.7 Å². The van der Waals surface area contributed by atoms with E-state index >= 15 is 0 Å². The molecule has 210 valence electrons. The Morgan fingerprint density at radius 2 is 1.70 bits per heavy atom. The van der Waals surface area contributed by atoms with Crippen LogP contribution in [0.25, 0.3) is 17.1 Å². The minimum Gasteiger partial charge on any atom is -0.355 e. The highest BCUT2D eigenvalue weighted by molar-refractivity contribution is 6.31. The van der Waals surface area contributed by atoms with Crippen LogP contribution in [0.3, 0.4) is 0 Å². The van der Waals surface area contributed by atoms with E-state index in [2.05, 4.69) is 22.9 Å². The van der Waals surface area contributed by atoms with E-state index in [1.54, 1.807) is 9.58 Å². The molecule has 2 amide bonds. The molecule has 6 rings (SSSR count). The van der Waals surface area contributed by atoms with Gasteiger partial charge < -0.3 is 19.6 Å². The lowest BCUT2D eigenvalue weighted by Gasteiger charge is -2.43. The van der Waals surface area contributed by atoms with Gasteiger partial charge in [-0.1, -0.05) is 24.4 Å². The first-order valence-corrected chi connectivity index (χ1v) is 14.5. The van der Waals surface area contributed by atoms with Crippen LogP contribution in [0.4, 0.5) is 11.4 Å². The summed E-state index contributed by atoms with van der Waals surface area (Å²) < 4.78 is 1.75. The third kappa shape index (κ3) is 4.65. The number of hydrogen-bond acceptors (Lipinski definition) is 6. The van der Waals surface area contributed by atoms with Crippen LogP contribution in [-0.4, -0.2) is 88.7 Å². The molecule has 1 saturated carbocycles. The topological polar surface area (TPSA) is 77.8 Å². The quantitative estimate of drug-likeness (QED) is 0.470. The number of nitrogens with zero attached hydrogens (tertiary/aromatic N) is 7. The van der Waals surface area contributed by atoms with Gasteiger partial charge in [-0.05, 0) is 75.7 Å². The molecular weight excluding hydrogens is 526 g/mol. The highest BCUT2D eigenvalue weighted by atomic mass is 35.5. The number of benzene rings is 2. The van der Waals surface area contributed by atoms with Crippen LogP contribution in [0.2, 0.25) is 5.02 Å². The van der Waals surface area contributed by atoms with Crippen LogP contribution < -0.4 is 9.80 Å². The molecule has 3 heterocycles. The number of halogens is 1. The molecule has 0 spiro atoms. The summed E-state index contributed by atoms with van der Waals surface area (Å²) in [5, 5.41) is 5.42. The summed E-state index contributed by atoms with van der Waals surface area (Å²) in [6.45, 7) is 6.88. The van der Waals surface area contributed by atoms with Crippen molar-refractivity contribution in [3.63, 3.8) is 0 Å². The van der Waals surface area contributed by atoms with Gasteiger partial charge in [0.05, 0.1) is 17.1 Å². The maximum atomic E-state index is 13.5. The number of carbonyl (C=O) groups is 2. The molecule has 0 bridgehead atoms. The Hall–Kier alpha value is -3.43. The van der Waals surface area contributed by atoms with E-state index in [1.807, 2.05) is 56.1 Å². The molecule has 1 atom stereocenters. The van der Waals surface area contributed by atoms with Crippen molar-refractivity contribution in [3.05, 3.63) is 52.8 Å². The predicted octanol–water partition coefficient (Wildman–Crippen LogP) is 4.40. The average Bonchev–Trinajstić information content (AvgIpc) is 3.64. The van der Waals surface area contributed by atoms with Crippen molar-refractivity contribution < 1.29 is 9.59 Å². The van der Waals surface area contributed by atoms with Gasteiger partial charge in [-0.15, -0.1) is 5.10 Å². The molecule has 1 saturated heterocycles. The van der Waals surface area contributed by atoms with E-state index in [0.29, 0.717) is 30.0 Å². The highest BCUT2D eigenvalue weighted by Gasteiger charge is 2.38. The molecule has 1 aliphatic carbocycles. The van der Waals surface area contributed by atoms with E-state index < -0.39 is 0 Å². The molecular formula is C30H36ClN7O2. The van der Waals surface area contributed by atoms with Crippen LogP contribution in [0.5, 0.6) is 0 Å². The van der Waals surface area contributed by atoms with Crippen LogP contribution in [0.1, 0.15) is 48.8 Å². The smallest absolute Gasteiger partial charge is 0.293 e. The Bertz CT molecular complexity index is 1460. The van der Waals surface area contributed by atoms with Gasteiger partial charge in [0.15, 0.2) is 5.82 Å². The Kier molecular flexibility index (Phi) is 7.04. The van der Waals surface area contributed by atoms with Crippen LogP contribution in [0, 0.1) is 6.92 Å². The van der Waals surface area contributed by atoms with Crippen molar-refractivity contribution in [2.45, 2.75) is 51.6 Å². The van der Waals surface area contributed by atoms with E-state index in [-0.39, 0.29) is 23.7 Å². The second-order valence-corrected chi connectivity index (χ2v) is 11.7. The van der Waals surface area contributed by atoms with Crippen LogP contribution in [0.15, 0.2) is 36.4 Å². The zero-order valence-electron chi connectivity index (χ0n) is 23.6. The lowest BCUT2D eigenvalue weighted by atomic mass is 10.0. The number of aromatic nitrogens is 3. The Labute approximate surface area is 240 Å². The number of rotatable bonds is 4. The van der Waals surface area contributed by atoms with Gasteiger partial charge in [0.25, 0.3) is 5.91 Å². The number of piperazine rings is 1. The fourth-order valence-corrected chi connectivity index (χ4v) is 6.37. The molecule has 3 aromatic rings. The Morgan fingerprint density at radius 3 is 2.40 bits per heavy atom. The minimum atomic E-state index is -0.248. The van der Waals surface area contributed by atoms with Gasteiger partial charge in [0.1, 0.15) is 6.04 Å². The third-order valence-corrected chi connectivity index (χ3v) is 9.10. The average molecular weight is 562 g/mol. The summed E-state index contributed by atoms with van der Waals surface area (Å²) in [5.74, 6) is 0.703. The van der Waals surface area contributed by atoms with Crippen molar-refractivity contribution in [1.82, 2.24) is 24.6 Å². The second kappa shape index (κ2) is 10.5. The molecule has 2 aliphatic heterocycles. The van der Waals surface area contributed by atoms with Gasteiger partial charge in [-0.2, -0.15) is 0 Å². The number of aryl methyl sites for hydroxylation is 1. The predicted molar refractivity (Wildman–Crippen MR) is 158 cm³/mol. The van der Waals surface area contributed by atoms with Gasteiger partial charge in [0, 0.05) is 49.9 Å². The van der Waals surface area contributed by atoms with Crippen molar-refractivity contribution >= 4 is 34.8 Å². The summed E-state index contributed by atoms with van der Waals surface area (Å²) in [4.78, 5) is 39.6. The summed E-state index contributed by atoms with van der Waals surface area (Å²) in [6, 6.07) is 11.9. The Morgan fingerprint density at radius 1 is 0.975 bits per heavy atom. The van der Waals surface area contributed by atoms with E-state index in [1.165, 1.54) is 12.8 Å². The first kappa shape index (κ1) is 26.8. The molecule has 40 heavy (non-hydrogen) atoms. The van der Waals surface area contributed by atoms with Crippen LogP contribution in [-0.2, 0) is 4.79 Å². The monoisotopic (exact) mass is 561 g/mol. The second-order valence-electron chi connectivity index (χ2n) is 11.3. The van der Waals surface area contributed by atoms with Crippen molar-refractivity contribution in [1.29, 1.82) is 0 Å². The molecule has 2 fully saturated rings. The Balaban J connectivity index is 1.47. The zero-order valence-corrected chi connectivity index (χ0v) is 24.4. The van der Waals surface area contributed by atoms with E-state index in [9.17, 15) is 9.59 Å². The number of likely N-dealkylation sites (N-methyl/N-ethyl adjacent to an activating group) is 2. The molecule has 9 nitrogen and oxygen atoms in total. The standard InChI is InChI=1S/C30H36ClN7O2/c1-19-17-23(10-11-24(19)31)38-28(32-27(33-38)30(40)36-15-13-34(3)14-16-36)21-9-12-25-26(18-21)37(22-7-5-6-8-22)20(2)29(39)35(25)4/h9-12,17-18,20,22H,5-8,13-16H2,1-4H3/t20-/m1/s1. The van der Waals surface area contributed by atoms with Gasteiger partial charge in [-0.3, -0.25) is 9.59 Å². The number of fused-ring (bicyclic) bond motifs is 1. The van der Waals surface area contributed by atoms with Crippen molar-refractivity contribution in [2.24, 2.45) is 0 Å². The highest BCUT2D eigenvalue weighted by Crippen LogP contribution is 2.42. The number of amides is 2. The van der Waals surface area contributed by atoms with Crippen molar-refractivity contribution in [3.8, 4) is 17.1 Å². The number of hydrogen-bond donors (Lipinski definition) is 0. The fourth-order valence-electron chi connectivity index (χ4n) is 6.26. The van der Waals surface area contributed by atoms with Gasteiger partial charge in [-0.25, -0.2) is 9.67 Å². The molecule has 2 aromatic carbocycles. The maximum absolute atomic E-state index is 13.5. The summed E-state index contributed by atoms with van der Waals surface area (Å²) in [5.41, 5.74) is 4.45. The van der Waals surface area contributed by atoms with Crippen molar-refractivity contribution in [2.75, 3.05) is 50.1 Å². The first-order valence-electron chi connectivity index (χ1n) is 14.1. The SMILES string of the molecule is Cc1cc(-n2nc(C(=O)N3CCN(C)CC3)nc2-c2ccc3c(c2)N(C2CCCC2)[C@H](C)C(=O)N3C)ccc1Cl. The summed E-state index contributed by atoms with van der Waals surface area (Å²) >= 11 is 6.34. The molecule has 10 heteroatoms. The van der Waals surface area contributed by atoms with Crippen LogP contribution >= 0.6 is 11.6 Å². The zero-order chi connectivity index (χ0) is 28.1.